The number of hydrogen-bond acceptors (Lipinski definition) is 5. The van der Waals surface area contributed by atoms with E-state index in [0.29, 0.717) is 37.6 Å². The summed E-state index contributed by atoms with van der Waals surface area (Å²) >= 11 is 1.66. The monoisotopic (exact) mass is 434 g/mol. The molecule has 0 saturated heterocycles. The van der Waals surface area contributed by atoms with Gasteiger partial charge in [0.25, 0.3) is 0 Å². The molecule has 0 spiro atoms. The van der Waals surface area contributed by atoms with Crippen LogP contribution >= 0.6 is 11.3 Å². The second-order valence-corrected chi connectivity index (χ2v) is 8.65. The highest BCUT2D eigenvalue weighted by Gasteiger charge is 2.12. The molecule has 31 heavy (non-hydrogen) atoms. The van der Waals surface area contributed by atoms with Crippen molar-refractivity contribution >= 4 is 17.2 Å². The first-order chi connectivity index (χ1) is 15.1. The van der Waals surface area contributed by atoms with Gasteiger partial charge >= 0.3 is 0 Å². The van der Waals surface area contributed by atoms with Gasteiger partial charge in [-0.1, -0.05) is 44.2 Å². The van der Waals surface area contributed by atoms with E-state index in [9.17, 15) is 4.79 Å². The Hall–Kier alpha value is -3.19. The fourth-order valence-corrected chi connectivity index (χ4v) is 4.11. The van der Waals surface area contributed by atoms with E-state index in [0.717, 1.165) is 27.6 Å². The number of thiophene rings is 1. The highest BCUT2D eigenvalue weighted by molar-refractivity contribution is 7.13. The Morgan fingerprint density at radius 2 is 2.00 bits per heavy atom. The number of nitrogens with one attached hydrogen (secondary N) is 2. The molecule has 0 aliphatic heterocycles. The van der Waals surface area contributed by atoms with Gasteiger partial charge in [0, 0.05) is 37.1 Å². The van der Waals surface area contributed by atoms with E-state index in [4.69, 9.17) is 4.42 Å². The Kier molecular flexibility index (Phi) is 6.62. The molecule has 0 atom stereocenters. The van der Waals surface area contributed by atoms with E-state index >= 15 is 0 Å². The van der Waals surface area contributed by atoms with Crippen LogP contribution in [-0.2, 0) is 17.6 Å². The summed E-state index contributed by atoms with van der Waals surface area (Å²) in [4.78, 5) is 25.2. The number of aromatic amines is 1. The molecule has 4 aromatic rings. The molecule has 160 valence electrons. The smallest absolute Gasteiger partial charge is 0.220 e. The zero-order valence-corrected chi connectivity index (χ0v) is 18.5. The van der Waals surface area contributed by atoms with Crippen molar-refractivity contribution in [3.8, 4) is 21.9 Å². The third kappa shape index (κ3) is 5.30. The number of aromatic nitrogens is 3. The highest BCUT2D eigenvalue weighted by atomic mass is 32.1. The molecule has 3 aromatic heterocycles. The summed E-state index contributed by atoms with van der Waals surface area (Å²) in [6.45, 7) is 4.90. The second kappa shape index (κ2) is 9.75. The van der Waals surface area contributed by atoms with Crippen molar-refractivity contribution in [2.75, 3.05) is 6.54 Å². The first kappa shape index (κ1) is 21.1. The van der Waals surface area contributed by atoms with Crippen LogP contribution in [0, 0.1) is 0 Å². The van der Waals surface area contributed by atoms with E-state index < -0.39 is 0 Å². The fourth-order valence-electron chi connectivity index (χ4n) is 3.36. The fraction of sp³-hybridized carbons (Fsp3) is 0.292. The second-order valence-electron chi connectivity index (χ2n) is 7.70. The van der Waals surface area contributed by atoms with Crippen molar-refractivity contribution in [3.05, 3.63) is 71.5 Å². The Balaban J connectivity index is 1.24. The zero-order chi connectivity index (χ0) is 21.6. The van der Waals surface area contributed by atoms with Crippen molar-refractivity contribution in [1.29, 1.82) is 0 Å². The molecule has 1 amide bonds. The van der Waals surface area contributed by atoms with Crippen LogP contribution in [0.25, 0.3) is 21.9 Å². The molecule has 7 heteroatoms. The lowest BCUT2D eigenvalue weighted by Crippen LogP contribution is -2.26. The van der Waals surface area contributed by atoms with E-state index in [2.05, 4.69) is 46.2 Å². The van der Waals surface area contributed by atoms with E-state index in [1.54, 1.807) is 23.9 Å². The summed E-state index contributed by atoms with van der Waals surface area (Å²) in [5.74, 6) is 1.78. The molecule has 0 bridgehead atoms. The quantitative estimate of drug-likeness (QED) is 0.379. The molecule has 6 nitrogen and oxygen atoms in total. The third-order valence-corrected chi connectivity index (χ3v) is 6.03. The number of oxazole rings is 1. The first-order valence-electron chi connectivity index (χ1n) is 10.5. The van der Waals surface area contributed by atoms with Gasteiger partial charge in [0.15, 0.2) is 11.7 Å². The lowest BCUT2D eigenvalue weighted by atomic mass is 10.0. The predicted molar refractivity (Wildman–Crippen MR) is 123 cm³/mol. The van der Waals surface area contributed by atoms with E-state index in [-0.39, 0.29) is 5.91 Å². The van der Waals surface area contributed by atoms with Crippen molar-refractivity contribution in [1.82, 2.24) is 20.3 Å². The lowest BCUT2D eigenvalue weighted by Gasteiger charge is -2.05. The molecular weight excluding hydrogens is 408 g/mol. The summed E-state index contributed by atoms with van der Waals surface area (Å²) in [5.41, 5.74) is 4.27. The van der Waals surface area contributed by atoms with Crippen molar-refractivity contribution < 1.29 is 9.21 Å². The van der Waals surface area contributed by atoms with Crippen LogP contribution in [0.2, 0.25) is 0 Å². The molecule has 4 rings (SSSR count). The van der Waals surface area contributed by atoms with Gasteiger partial charge in [0.1, 0.15) is 5.69 Å². The number of nitrogens with zero attached hydrogens (tertiary/aromatic N) is 2. The number of benzene rings is 1. The Morgan fingerprint density at radius 1 is 1.16 bits per heavy atom. The minimum atomic E-state index is -0.0155. The van der Waals surface area contributed by atoms with Gasteiger partial charge in [-0.15, -0.1) is 11.3 Å². The van der Waals surface area contributed by atoms with E-state index in [1.807, 2.05) is 29.6 Å². The summed E-state index contributed by atoms with van der Waals surface area (Å²) in [7, 11) is 0. The van der Waals surface area contributed by atoms with Gasteiger partial charge in [-0.25, -0.2) is 9.97 Å². The number of amides is 1. The maximum absolute atomic E-state index is 12.2. The third-order valence-electron chi connectivity index (χ3n) is 5.15. The minimum Gasteiger partial charge on any atom is -0.441 e. The molecule has 0 aliphatic carbocycles. The highest BCUT2D eigenvalue weighted by Crippen LogP contribution is 2.25. The molecule has 0 radical (unpaired) electrons. The summed E-state index contributed by atoms with van der Waals surface area (Å²) in [6.07, 6.45) is 4.94. The molecular formula is C24H26N4O2S. The SMILES string of the molecule is CC(C)c1ccc(-c2cnc(CCC(=O)NCCc3[nH]cnc3-c3cccs3)o2)cc1. The van der Waals surface area contributed by atoms with Gasteiger partial charge in [0.05, 0.1) is 17.4 Å². The number of carbonyl (C=O) groups is 1. The van der Waals surface area contributed by atoms with Crippen molar-refractivity contribution in [2.45, 2.75) is 39.0 Å². The molecule has 0 aliphatic rings. The van der Waals surface area contributed by atoms with Gasteiger partial charge in [-0.2, -0.15) is 0 Å². The summed E-state index contributed by atoms with van der Waals surface area (Å²) < 4.78 is 5.84. The topological polar surface area (TPSA) is 83.8 Å². The normalized spacial score (nSPS) is 11.2. The Morgan fingerprint density at radius 3 is 2.74 bits per heavy atom. The van der Waals surface area contributed by atoms with Crippen LogP contribution in [-0.4, -0.2) is 27.4 Å². The Labute approximate surface area is 185 Å². The Bertz CT molecular complexity index is 1110. The molecule has 2 N–H and O–H groups in total. The first-order valence-corrected chi connectivity index (χ1v) is 11.4. The van der Waals surface area contributed by atoms with Crippen LogP contribution in [0.1, 0.15) is 43.3 Å². The number of rotatable bonds is 9. The summed E-state index contributed by atoms with van der Waals surface area (Å²) in [5, 5.41) is 5.00. The van der Waals surface area contributed by atoms with Crippen LogP contribution < -0.4 is 5.32 Å². The molecule has 0 fully saturated rings. The predicted octanol–water partition coefficient (Wildman–Crippen LogP) is 5.21. The van der Waals surface area contributed by atoms with Crippen LogP contribution in [0.5, 0.6) is 0 Å². The number of carbonyl (C=O) groups excluding carboxylic acids is 1. The molecule has 0 saturated carbocycles. The number of aryl methyl sites for hydroxylation is 1. The van der Waals surface area contributed by atoms with Crippen LogP contribution in [0.3, 0.4) is 0 Å². The van der Waals surface area contributed by atoms with Gasteiger partial charge < -0.3 is 14.7 Å². The van der Waals surface area contributed by atoms with Gasteiger partial charge in [-0.05, 0) is 22.9 Å². The zero-order valence-electron chi connectivity index (χ0n) is 17.7. The minimum absolute atomic E-state index is 0.0155. The maximum Gasteiger partial charge on any atom is 0.220 e. The van der Waals surface area contributed by atoms with Crippen LogP contribution in [0.4, 0.5) is 0 Å². The lowest BCUT2D eigenvalue weighted by molar-refractivity contribution is -0.121. The number of hydrogen-bond donors (Lipinski definition) is 2. The van der Waals surface area contributed by atoms with Crippen LogP contribution in [0.15, 0.2) is 58.7 Å². The summed E-state index contributed by atoms with van der Waals surface area (Å²) in [6, 6.07) is 12.4. The van der Waals surface area contributed by atoms with Crippen molar-refractivity contribution in [2.24, 2.45) is 0 Å². The van der Waals surface area contributed by atoms with Crippen molar-refractivity contribution in [3.63, 3.8) is 0 Å². The van der Waals surface area contributed by atoms with Gasteiger partial charge in [0.2, 0.25) is 5.91 Å². The van der Waals surface area contributed by atoms with E-state index in [1.165, 1.54) is 5.56 Å². The molecule has 0 unspecified atom stereocenters. The number of H-pyrrole nitrogens is 1. The van der Waals surface area contributed by atoms with Gasteiger partial charge in [-0.3, -0.25) is 4.79 Å². The number of imidazole rings is 1. The maximum atomic E-state index is 12.2. The average molecular weight is 435 g/mol. The molecule has 1 aromatic carbocycles. The molecule has 3 heterocycles. The largest absolute Gasteiger partial charge is 0.441 e. The standard InChI is InChI=1S/C24H26N4O2S/c1-16(2)17-5-7-18(8-6-17)20-14-26-23(30-20)10-9-22(29)25-12-11-19-24(28-15-27-19)21-4-3-13-31-21/h3-8,13-16H,9-12H2,1-2H3,(H,25,29)(H,27,28). The average Bonchev–Trinajstić information content (AvgIpc) is 3.53.